The SMILES string of the molecule is CC(C)(C)C1CCCC(N)C(C)(C)N1. The lowest BCUT2D eigenvalue weighted by Crippen LogP contribution is -2.57. The van der Waals surface area contributed by atoms with E-state index >= 15 is 0 Å². The third-order valence-electron chi connectivity index (χ3n) is 3.53. The quantitative estimate of drug-likeness (QED) is 0.626. The normalized spacial score (nSPS) is 33.9. The van der Waals surface area contributed by atoms with Crippen molar-refractivity contribution in [3.8, 4) is 0 Å². The Labute approximate surface area is 88.6 Å². The summed E-state index contributed by atoms with van der Waals surface area (Å²) in [5.74, 6) is 0. The van der Waals surface area contributed by atoms with Crippen molar-refractivity contribution in [1.29, 1.82) is 0 Å². The monoisotopic (exact) mass is 198 g/mol. The zero-order valence-corrected chi connectivity index (χ0v) is 10.4. The summed E-state index contributed by atoms with van der Waals surface area (Å²) in [5.41, 5.74) is 6.57. The van der Waals surface area contributed by atoms with Gasteiger partial charge in [-0.3, -0.25) is 0 Å². The van der Waals surface area contributed by atoms with Crippen molar-refractivity contribution < 1.29 is 0 Å². The Kier molecular flexibility index (Phi) is 3.27. The molecule has 0 bridgehead atoms. The zero-order chi connectivity index (χ0) is 11.0. The molecule has 1 rings (SSSR count). The fourth-order valence-corrected chi connectivity index (χ4v) is 2.18. The Morgan fingerprint density at radius 2 is 1.79 bits per heavy atom. The predicted molar refractivity (Wildman–Crippen MR) is 62.3 cm³/mol. The van der Waals surface area contributed by atoms with E-state index in [9.17, 15) is 0 Å². The Hall–Kier alpha value is -0.0800. The van der Waals surface area contributed by atoms with Crippen molar-refractivity contribution in [3.05, 3.63) is 0 Å². The minimum Gasteiger partial charge on any atom is -0.326 e. The summed E-state index contributed by atoms with van der Waals surface area (Å²) in [5, 5.41) is 3.72. The van der Waals surface area contributed by atoms with Crippen molar-refractivity contribution in [3.63, 3.8) is 0 Å². The van der Waals surface area contributed by atoms with Gasteiger partial charge in [0.2, 0.25) is 0 Å². The average Bonchev–Trinajstić information content (AvgIpc) is 2.11. The van der Waals surface area contributed by atoms with E-state index in [0.717, 1.165) is 6.42 Å². The molecule has 2 atom stereocenters. The molecule has 1 aliphatic heterocycles. The number of nitrogens with two attached hydrogens (primary N) is 1. The van der Waals surface area contributed by atoms with Gasteiger partial charge in [-0.05, 0) is 32.1 Å². The van der Waals surface area contributed by atoms with Crippen LogP contribution in [-0.2, 0) is 0 Å². The van der Waals surface area contributed by atoms with Crippen LogP contribution in [0.2, 0.25) is 0 Å². The highest BCUT2D eigenvalue weighted by Crippen LogP contribution is 2.29. The van der Waals surface area contributed by atoms with Crippen molar-refractivity contribution in [2.45, 2.75) is 71.5 Å². The van der Waals surface area contributed by atoms with Crippen LogP contribution in [0.1, 0.15) is 53.9 Å². The lowest BCUT2D eigenvalue weighted by molar-refractivity contribution is 0.203. The van der Waals surface area contributed by atoms with Crippen molar-refractivity contribution in [2.75, 3.05) is 0 Å². The van der Waals surface area contributed by atoms with Crippen LogP contribution in [-0.4, -0.2) is 17.6 Å². The summed E-state index contributed by atoms with van der Waals surface area (Å²) >= 11 is 0. The van der Waals surface area contributed by atoms with E-state index in [2.05, 4.69) is 39.9 Å². The molecular weight excluding hydrogens is 172 g/mol. The fraction of sp³-hybridized carbons (Fsp3) is 1.00. The van der Waals surface area contributed by atoms with Gasteiger partial charge in [0.1, 0.15) is 0 Å². The van der Waals surface area contributed by atoms with Gasteiger partial charge >= 0.3 is 0 Å². The summed E-state index contributed by atoms with van der Waals surface area (Å²) < 4.78 is 0. The Bertz CT molecular complexity index is 191. The number of nitrogens with one attached hydrogen (secondary N) is 1. The van der Waals surface area contributed by atoms with Crippen LogP contribution in [0, 0.1) is 5.41 Å². The smallest absolute Gasteiger partial charge is 0.0278 e. The van der Waals surface area contributed by atoms with Gasteiger partial charge in [0.25, 0.3) is 0 Å². The van der Waals surface area contributed by atoms with Crippen LogP contribution in [0.3, 0.4) is 0 Å². The maximum absolute atomic E-state index is 6.16. The van der Waals surface area contributed by atoms with Gasteiger partial charge in [-0.2, -0.15) is 0 Å². The van der Waals surface area contributed by atoms with E-state index < -0.39 is 0 Å². The van der Waals surface area contributed by atoms with Crippen LogP contribution in [0.25, 0.3) is 0 Å². The molecule has 0 saturated carbocycles. The first-order valence-corrected chi connectivity index (χ1v) is 5.77. The first-order valence-electron chi connectivity index (χ1n) is 5.77. The van der Waals surface area contributed by atoms with Crippen LogP contribution in [0.4, 0.5) is 0 Å². The topological polar surface area (TPSA) is 38.0 Å². The van der Waals surface area contributed by atoms with E-state index in [1.54, 1.807) is 0 Å². The molecule has 0 aliphatic carbocycles. The third-order valence-corrected chi connectivity index (χ3v) is 3.53. The van der Waals surface area contributed by atoms with E-state index in [4.69, 9.17) is 5.73 Å². The number of hydrogen-bond acceptors (Lipinski definition) is 2. The van der Waals surface area contributed by atoms with Gasteiger partial charge in [-0.25, -0.2) is 0 Å². The van der Waals surface area contributed by atoms with Gasteiger partial charge < -0.3 is 11.1 Å². The molecule has 1 aliphatic rings. The summed E-state index contributed by atoms with van der Waals surface area (Å²) in [6.45, 7) is 11.4. The minimum absolute atomic E-state index is 0.0778. The first kappa shape index (κ1) is 12.0. The van der Waals surface area contributed by atoms with Gasteiger partial charge in [0.05, 0.1) is 0 Å². The second-order valence-electron chi connectivity index (χ2n) is 6.32. The highest BCUT2D eigenvalue weighted by Gasteiger charge is 2.35. The maximum atomic E-state index is 6.16. The highest BCUT2D eigenvalue weighted by atomic mass is 15.0. The highest BCUT2D eigenvalue weighted by molar-refractivity contribution is 4.97. The van der Waals surface area contributed by atoms with Gasteiger partial charge in [0, 0.05) is 17.6 Å². The Balaban J connectivity index is 2.75. The molecule has 0 spiro atoms. The summed E-state index contributed by atoms with van der Waals surface area (Å²) in [6, 6.07) is 0.876. The maximum Gasteiger partial charge on any atom is 0.0278 e. The van der Waals surface area contributed by atoms with Crippen LogP contribution in [0.15, 0.2) is 0 Å². The van der Waals surface area contributed by atoms with Gasteiger partial charge in [-0.15, -0.1) is 0 Å². The Morgan fingerprint density at radius 3 is 2.29 bits per heavy atom. The van der Waals surface area contributed by atoms with E-state index in [0.29, 0.717) is 11.5 Å². The second kappa shape index (κ2) is 3.82. The standard InChI is InChI=1S/C12H26N2/c1-11(2,3)10-8-6-7-9(13)12(4,5)14-10/h9-10,14H,6-8,13H2,1-5H3. The molecule has 84 valence electrons. The molecule has 2 nitrogen and oxygen atoms in total. The lowest BCUT2D eigenvalue weighted by Gasteiger charge is -2.39. The molecule has 1 heterocycles. The summed E-state index contributed by atoms with van der Waals surface area (Å²) in [6.07, 6.45) is 3.65. The molecule has 0 aromatic carbocycles. The number of rotatable bonds is 0. The molecule has 0 amide bonds. The summed E-state index contributed by atoms with van der Waals surface area (Å²) in [4.78, 5) is 0. The fourth-order valence-electron chi connectivity index (χ4n) is 2.18. The third kappa shape index (κ3) is 2.71. The Morgan fingerprint density at radius 1 is 1.21 bits per heavy atom. The molecule has 0 aromatic heterocycles. The van der Waals surface area contributed by atoms with Crippen LogP contribution < -0.4 is 11.1 Å². The minimum atomic E-state index is 0.0778. The van der Waals surface area contributed by atoms with Crippen molar-refractivity contribution in [2.24, 2.45) is 11.1 Å². The van der Waals surface area contributed by atoms with E-state index in [-0.39, 0.29) is 11.6 Å². The zero-order valence-electron chi connectivity index (χ0n) is 10.4. The first-order chi connectivity index (χ1) is 6.23. The molecule has 2 unspecified atom stereocenters. The van der Waals surface area contributed by atoms with Crippen LogP contribution in [0.5, 0.6) is 0 Å². The van der Waals surface area contributed by atoms with E-state index in [1.807, 2.05) is 0 Å². The molecule has 0 radical (unpaired) electrons. The van der Waals surface area contributed by atoms with Crippen molar-refractivity contribution in [1.82, 2.24) is 5.32 Å². The molecule has 1 fully saturated rings. The summed E-state index contributed by atoms with van der Waals surface area (Å²) in [7, 11) is 0. The van der Waals surface area contributed by atoms with Gasteiger partial charge in [-0.1, -0.05) is 27.2 Å². The molecule has 0 aromatic rings. The molecule has 3 N–H and O–H groups in total. The average molecular weight is 198 g/mol. The van der Waals surface area contributed by atoms with Crippen LogP contribution >= 0.6 is 0 Å². The largest absolute Gasteiger partial charge is 0.326 e. The number of hydrogen-bond donors (Lipinski definition) is 2. The predicted octanol–water partition coefficient (Wildman–Crippen LogP) is 2.28. The second-order valence-corrected chi connectivity index (χ2v) is 6.32. The molecule has 1 saturated heterocycles. The van der Waals surface area contributed by atoms with Gasteiger partial charge in [0.15, 0.2) is 0 Å². The van der Waals surface area contributed by atoms with Crippen molar-refractivity contribution >= 4 is 0 Å². The molecular formula is C12H26N2. The molecule has 14 heavy (non-hydrogen) atoms. The lowest BCUT2D eigenvalue weighted by atomic mass is 9.83. The van der Waals surface area contributed by atoms with E-state index in [1.165, 1.54) is 12.8 Å². The molecule has 2 heteroatoms.